The molecule has 1 fully saturated rings. The quantitative estimate of drug-likeness (QED) is 0.853. The highest BCUT2D eigenvalue weighted by Crippen LogP contribution is 2.16. The molecule has 0 aliphatic carbocycles. The Balaban J connectivity index is 1.84. The zero-order valence-electron chi connectivity index (χ0n) is 12.1. The van der Waals surface area contributed by atoms with Crippen molar-refractivity contribution in [3.63, 3.8) is 0 Å². The second kappa shape index (κ2) is 7.56. The standard InChI is InChI=1S/C15H20BrN3O2/c1-2-4-12-8-15(21)19(10-17-12)9-14(20)18-13-6-3-5-11(16)7-13/h3,5-7,12,17H,2,4,8-10H2,1H3,(H,18,20). The predicted molar refractivity (Wildman–Crippen MR) is 85.8 cm³/mol. The van der Waals surface area contributed by atoms with Crippen LogP contribution in [0, 0.1) is 0 Å². The molecule has 0 spiro atoms. The Bertz CT molecular complexity index is 521. The predicted octanol–water partition coefficient (Wildman–Crippen LogP) is 2.34. The number of nitrogens with one attached hydrogen (secondary N) is 2. The van der Waals surface area contributed by atoms with Crippen molar-refractivity contribution >= 4 is 33.4 Å². The fourth-order valence-corrected chi connectivity index (χ4v) is 2.78. The number of carbonyl (C=O) groups is 2. The molecule has 1 unspecified atom stereocenters. The first-order valence-corrected chi connectivity index (χ1v) is 7.94. The normalized spacial score (nSPS) is 18.7. The molecule has 6 heteroatoms. The number of nitrogens with zero attached hydrogens (tertiary/aromatic N) is 1. The third kappa shape index (κ3) is 4.82. The Morgan fingerprint density at radius 1 is 1.52 bits per heavy atom. The van der Waals surface area contributed by atoms with E-state index in [1.807, 2.05) is 24.3 Å². The van der Waals surface area contributed by atoms with Gasteiger partial charge in [0.1, 0.15) is 6.54 Å². The van der Waals surface area contributed by atoms with Gasteiger partial charge in [-0.25, -0.2) is 0 Å². The van der Waals surface area contributed by atoms with Gasteiger partial charge in [-0.15, -0.1) is 0 Å². The summed E-state index contributed by atoms with van der Waals surface area (Å²) in [6.07, 6.45) is 2.51. The number of rotatable bonds is 5. The van der Waals surface area contributed by atoms with Gasteiger partial charge in [-0.2, -0.15) is 0 Å². The minimum atomic E-state index is -0.183. The number of benzene rings is 1. The van der Waals surface area contributed by atoms with E-state index in [1.165, 1.54) is 0 Å². The zero-order valence-corrected chi connectivity index (χ0v) is 13.6. The molecule has 1 saturated heterocycles. The van der Waals surface area contributed by atoms with Gasteiger partial charge in [-0.1, -0.05) is 35.3 Å². The molecule has 2 rings (SSSR count). The van der Waals surface area contributed by atoms with E-state index < -0.39 is 0 Å². The second-order valence-electron chi connectivity index (χ2n) is 5.20. The molecule has 1 atom stereocenters. The molecule has 0 saturated carbocycles. The van der Waals surface area contributed by atoms with Gasteiger partial charge in [-0.05, 0) is 24.6 Å². The molecule has 2 amide bonds. The number of carbonyl (C=O) groups excluding carboxylic acids is 2. The highest BCUT2D eigenvalue weighted by Gasteiger charge is 2.25. The Morgan fingerprint density at radius 2 is 2.33 bits per heavy atom. The van der Waals surface area contributed by atoms with E-state index in [0.717, 1.165) is 23.0 Å². The highest BCUT2D eigenvalue weighted by molar-refractivity contribution is 9.10. The maximum Gasteiger partial charge on any atom is 0.244 e. The Labute approximate surface area is 133 Å². The van der Waals surface area contributed by atoms with E-state index in [9.17, 15) is 9.59 Å². The van der Waals surface area contributed by atoms with Gasteiger partial charge in [0, 0.05) is 22.6 Å². The summed E-state index contributed by atoms with van der Waals surface area (Å²) in [5.74, 6) is -0.145. The highest BCUT2D eigenvalue weighted by atomic mass is 79.9. The molecule has 1 aliphatic rings. The molecule has 1 heterocycles. The molecular weight excluding hydrogens is 334 g/mol. The average molecular weight is 354 g/mol. The van der Waals surface area contributed by atoms with Crippen LogP contribution in [0.3, 0.4) is 0 Å². The lowest BCUT2D eigenvalue weighted by atomic mass is 10.1. The van der Waals surface area contributed by atoms with E-state index in [4.69, 9.17) is 0 Å². The Hall–Kier alpha value is -1.40. The van der Waals surface area contributed by atoms with Crippen LogP contribution in [-0.4, -0.2) is 36.0 Å². The third-order valence-corrected chi connectivity index (χ3v) is 3.92. The lowest BCUT2D eigenvalue weighted by Gasteiger charge is -2.32. The van der Waals surface area contributed by atoms with E-state index in [1.54, 1.807) is 4.90 Å². The molecule has 0 aromatic heterocycles. The van der Waals surface area contributed by atoms with Gasteiger partial charge in [0.25, 0.3) is 0 Å². The summed E-state index contributed by atoms with van der Waals surface area (Å²) in [6.45, 7) is 2.62. The van der Waals surface area contributed by atoms with Crippen molar-refractivity contribution in [1.82, 2.24) is 10.2 Å². The molecule has 5 nitrogen and oxygen atoms in total. The van der Waals surface area contributed by atoms with Crippen LogP contribution in [0.2, 0.25) is 0 Å². The lowest BCUT2D eigenvalue weighted by Crippen LogP contribution is -2.52. The molecule has 1 aliphatic heterocycles. The first kappa shape index (κ1) is 16.0. The maximum absolute atomic E-state index is 12.0. The Kier molecular flexibility index (Phi) is 5.76. The minimum absolute atomic E-state index is 0.0385. The van der Waals surface area contributed by atoms with Crippen molar-refractivity contribution in [1.29, 1.82) is 0 Å². The largest absolute Gasteiger partial charge is 0.325 e. The number of hydrogen-bond donors (Lipinski definition) is 2. The second-order valence-corrected chi connectivity index (χ2v) is 6.12. The summed E-state index contributed by atoms with van der Waals surface area (Å²) in [5, 5.41) is 6.09. The third-order valence-electron chi connectivity index (χ3n) is 3.42. The lowest BCUT2D eigenvalue weighted by molar-refractivity contribution is -0.138. The number of hydrogen-bond acceptors (Lipinski definition) is 3. The van der Waals surface area contributed by atoms with Crippen LogP contribution >= 0.6 is 15.9 Å². The molecule has 2 N–H and O–H groups in total. The van der Waals surface area contributed by atoms with E-state index in [-0.39, 0.29) is 24.4 Å². The monoisotopic (exact) mass is 353 g/mol. The molecule has 21 heavy (non-hydrogen) atoms. The molecular formula is C15H20BrN3O2. The van der Waals surface area contributed by atoms with Crippen molar-refractivity contribution in [2.24, 2.45) is 0 Å². The van der Waals surface area contributed by atoms with Crippen molar-refractivity contribution < 1.29 is 9.59 Å². The van der Waals surface area contributed by atoms with Gasteiger partial charge in [-0.3, -0.25) is 14.9 Å². The van der Waals surface area contributed by atoms with Crippen molar-refractivity contribution in [2.45, 2.75) is 32.2 Å². The van der Waals surface area contributed by atoms with Gasteiger partial charge >= 0.3 is 0 Å². The van der Waals surface area contributed by atoms with Crippen LogP contribution in [0.5, 0.6) is 0 Å². The summed E-state index contributed by atoms with van der Waals surface area (Å²) in [5.41, 5.74) is 0.718. The van der Waals surface area contributed by atoms with Gasteiger partial charge in [0.15, 0.2) is 0 Å². The van der Waals surface area contributed by atoms with Gasteiger partial charge in [0.05, 0.1) is 6.67 Å². The summed E-state index contributed by atoms with van der Waals surface area (Å²) in [4.78, 5) is 25.6. The first-order chi connectivity index (χ1) is 10.1. The van der Waals surface area contributed by atoms with Crippen LogP contribution in [0.4, 0.5) is 5.69 Å². The Morgan fingerprint density at radius 3 is 3.00 bits per heavy atom. The van der Waals surface area contributed by atoms with Crippen molar-refractivity contribution in [3.05, 3.63) is 28.7 Å². The molecule has 114 valence electrons. The summed E-state index contributed by atoms with van der Waals surface area (Å²) in [6, 6.07) is 7.62. The zero-order chi connectivity index (χ0) is 15.2. The van der Waals surface area contributed by atoms with Crippen LogP contribution in [0.1, 0.15) is 26.2 Å². The van der Waals surface area contributed by atoms with Crippen LogP contribution in [0.15, 0.2) is 28.7 Å². The minimum Gasteiger partial charge on any atom is -0.325 e. The van der Waals surface area contributed by atoms with Crippen LogP contribution in [-0.2, 0) is 9.59 Å². The van der Waals surface area contributed by atoms with Gasteiger partial charge in [0.2, 0.25) is 11.8 Å². The molecule has 0 radical (unpaired) electrons. The van der Waals surface area contributed by atoms with Gasteiger partial charge < -0.3 is 10.2 Å². The summed E-state index contributed by atoms with van der Waals surface area (Å²) < 4.78 is 0.901. The first-order valence-electron chi connectivity index (χ1n) is 7.15. The van der Waals surface area contributed by atoms with E-state index in [0.29, 0.717) is 13.1 Å². The van der Waals surface area contributed by atoms with E-state index >= 15 is 0 Å². The smallest absolute Gasteiger partial charge is 0.244 e. The topological polar surface area (TPSA) is 61.4 Å². The maximum atomic E-state index is 12.0. The van der Waals surface area contributed by atoms with Crippen molar-refractivity contribution in [2.75, 3.05) is 18.5 Å². The van der Waals surface area contributed by atoms with Crippen molar-refractivity contribution in [3.8, 4) is 0 Å². The molecule has 0 bridgehead atoms. The summed E-state index contributed by atoms with van der Waals surface area (Å²) in [7, 11) is 0. The number of halogens is 1. The summed E-state index contributed by atoms with van der Waals surface area (Å²) >= 11 is 3.36. The van der Waals surface area contributed by atoms with Crippen LogP contribution in [0.25, 0.3) is 0 Å². The fraction of sp³-hybridized carbons (Fsp3) is 0.467. The molecule has 1 aromatic carbocycles. The SMILES string of the molecule is CCCC1CC(=O)N(CC(=O)Nc2cccc(Br)c2)CN1. The fourth-order valence-electron chi connectivity index (χ4n) is 2.38. The molecule has 1 aromatic rings. The van der Waals surface area contributed by atoms with Crippen LogP contribution < -0.4 is 10.6 Å². The number of anilines is 1. The number of amides is 2. The van der Waals surface area contributed by atoms with E-state index in [2.05, 4.69) is 33.5 Å². The average Bonchev–Trinajstić information content (AvgIpc) is 2.42.